The van der Waals surface area contributed by atoms with Crippen molar-refractivity contribution in [2.45, 2.75) is 25.9 Å². The van der Waals surface area contributed by atoms with Crippen LogP contribution in [0.3, 0.4) is 0 Å². The van der Waals surface area contributed by atoms with Crippen LogP contribution in [0.25, 0.3) is 0 Å². The molecule has 1 N–H and O–H groups in total. The predicted octanol–water partition coefficient (Wildman–Crippen LogP) is 1.29. The minimum atomic E-state index is -1.10. The Morgan fingerprint density at radius 3 is 2.88 bits per heavy atom. The number of nitrogens with one attached hydrogen (secondary N) is 1. The van der Waals surface area contributed by atoms with Gasteiger partial charge in [0.05, 0.1) is 5.56 Å². The first-order valence-electron chi connectivity index (χ1n) is 5.66. The molecule has 1 heterocycles. The smallest absolute Gasteiger partial charge is 0.339 e. The lowest BCUT2D eigenvalue weighted by molar-refractivity contribution is -0.139. The number of ether oxygens (including phenoxy) is 1. The number of cyclic esters (lactones) is 1. The molecule has 0 spiro atoms. The van der Waals surface area contributed by atoms with Crippen molar-refractivity contribution in [3.05, 3.63) is 35.4 Å². The first-order chi connectivity index (χ1) is 8.07. The average molecular weight is 233 g/mol. The van der Waals surface area contributed by atoms with Crippen LogP contribution < -0.4 is 5.32 Å². The highest BCUT2D eigenvalue weighted by atomic mass is 16.6. The number of rotatable bonds is 2. The van der Waals surface area contributed by atoms with Crippen LogP contribution >= 0.6 is 0 Å². The predicted molar refractivity (Wildman–Crippen MR) is 62.7 cm³/mol. The Bertz CT molecular complexity index is 469. The summed E-state index contributed by atoms with van der Waals surface area (Å²) in [5, 5.41) is 2.69. The number of benzene rings is 1. The Morgan fingerprint density at radius 1 is 1.47 bits per heavy atom. The van der Waals surface area contributed by atoms with E-state index in [1.54, 1.807) is 19.1 Å². The maximum Gasteiger partial charge on any atom is 0.339 e. The third-order valence-corrected chi connectivity index (χ3v) is 2.90. The number of hydrogen-bond acceptors (Lipinski definition) is 3. The van der Waals surface area contributed by atoms with Crippen molar-refractivity contribution in [3.63, 3.8) is 0 Å². The minimum absolute atomic E-state index is 0.247. The lowest BCUT2D eigenvalue weighted by Crippen LogP contribution is -2.51. The zero-order valence-corrected chi connectivity index (χ0v) is 9.95. The second kappa shape index (κ2) is 4.20. The molecule has 1 aromatic carbocycles. The van der Waals surface area contributed by atoms with E-state index < -0.39 is 11.6 Å². The maximum absolute atomic E-state index is 11.9. The zero-order chi connectivity index (χ0) is 12.5. The number of esters is 1. The van der Waals surface area contributed by atoms with Gasteiger partial charge >= 0.3 is 5.97 Å². The lowest BCUT2D eigenvalue weighted by Gasteiger charge is -2.32. The highest BCUT2D eigenvalue weighted by Gasteiger charge is 2.42. The molecule has 1 amide bonds. The molecule has 0 radical (unpaired) electrons. The van der Waals surface area contributed by atoms with Crippen LogP contribution in [-0.2, 0) is 16.0 Å². The summed E-state index contributed by atoms with van der Waals surface area (Å²) in [5.74, 6) is -0.677. The molecule has 1 unspecified atom stereocenters. The Labute approximate surface area is 100.0 Å². The van der Waals surface area contributed by atoms with Gasteiger partial charge in [-0.1, -0.05) is 18.2 Å². The van der Waals surface area contributed by atoms with Crippen molar-refractivity contribution in [1.29, 1.82) is 0 Å². The summed E-state index contributed by atoms with van der Waals surface area (Å²) in [6.07, 6.45) is 0.417. The van der Waals surface area contributed by atoms with E-state index in [-0.39, 0.29) is 5.91 Å². The monoisotopic (exact) mass is 233 g/mol. The van der Waals surface area contributed by atoms with Gasteiger partial charge in [-0.15, -0.1) is 0 Å². The van der Waals surface area contributed by atoms with Crippen molar-refractivity contribution >= 4 is 11.9 Å². The fraction of sp³-hybridized carbons (Fsp3) is 0.385. The second-order valence-electron chi connectivity index (χ2n) is 4.31. The van der Waals surface area contributed by atoms with Gasteiger partial charge in [-0.05, 0) is 25.5 Å². The van der Waals surface area contributed by atoms with Gasteiger partial charge in [0.2, 0.25) is 0 Å². The SMILES string of the molecule is CCNC(=O)C1(C)Cc2ccccc2C(=O)O1. The van der Waals surface area contributed by atoms with Crippen LogP contribution in [0.2, 0.25) is 0 Å². The topological polar surface area (TPSA) is 55.4 Å². The van der Waals surface area contributed by atoms with Crippen LogP contribution in [0.5, 0.6) is 0 Å². The molecule has 0 bridgehead atoms. The van der Waals surface area contributed by atoms with Gasteiger partial charge in [0.15, 0.2) is 5.60 Å². The Hall–Kier alpha value is -1.84. The second-order valence-corrected chi connectivity index (χ2v) is 4.31. The van der Waals surface area contributed by atoms with Crippen LogP contribution in [-0.4, -0.2) is 24.0 Å². The maximum atomic E-state index is 11.9. The molecule has 0 saturated heterocycles. The van der Waals surface area contributed by atoms with Crippen LogP contribution in [0, 0.1) is 0 Å². The summed E-state index contributed by atoms with van der Waals surface area (Å²) in [4.78, 5) is 23.7. The fourth-order valence-electron chi connectivity index (χ4n) is 2.01. The van der Waals surface area contributed by atoms with Gasteiger partial charge in [0.25, 0.3) is 5.91 Å². The Kier molecular flexibility index (Phi) is 2.88. The summed E-state index contributed by atoms with van der Waals surface area (Å²) in [7, 11) is 0. The van der Waals surface area contributed by atoms with Crippen molar-refractivity contribution < 1.29 is 14.3 Å². The summed E-state index contributed by atoms with van der Waals surface area (Å²) < 4.78 is 5.26. The summed E-state index contributed by atoms with van der Waals surface area (Å²) in [6, 6.07) is 7.21. The van der Waals surface area contributed by atoms with Crippen molar-refractivity contribution in [1.82, 2.24) is 5.32 Å². The molecule has 1 aliphatic rings. The molecule has 1 aliphatic heterocycles. The molecule has 0 aliphatic carbocycles. The summed E-state index contributed by atoms with van der Waals surface area (Å²) in [6.45, 7) is 4.00. The number of likely N-dealkylation sites (N-methyl/N-ethyl adjacent to an activating group) is 1. The van der Waals surface area contributed by atoms with Crippen LogP contribution in [0.1, 0.15) is 29.8 Å². The van der Waals surface area contributed by atoms with E-state index in [1.807, 2.05) is 19.1 Å². The molecule has 1 atom stereocenters. The number of hydrogen-bond donors (Lipinski definition) is 1. The fourth-order valence-corrected chi connectivity index (χ4v) is 2.01. The highest BCUT2D eigenvalue weighted by molar-refractivity contribution is 5.97. The van der Waals surface area contributed by atoms with Gasteiger partial charge in [-0.3, -0.25) is 4.79 Å². The van der Waals surface area contributed by atoms with Crippen molar-refractivity contribution in [2.24, 2.45) is 0 Å². The molecule has 0 saturated carbocycles. The van der Waals surface area contributed by atoms with Crippen molar-refractivity contribution in [3.8, 4) is 0 Å². The van der Waals surface area contributed by atoms with Crippen molar-refractivity contribution in [2.75, 3.05) is 6.54 Å². The third kappa shape index (κ3) is 2.02. The average Bonchev–Trinajstić information content (AvgIpc) is 2.29. The highest BCUT2D eigenvalue weighted by Crippen LogP contribution is 2.28. The van der Waals surface area contributed by atoms with E-state index in [0.29, 0.717) is 18.5 Å². The molecule has 4 nitrogen and oxygen atoms in total. The number of amides is 1. The number of carbonyl (C=O) groups is 2. The molecule has 0 fully saturated rings. The summed E-state index contributed by atoms with van der Waals surface area (Å²) >= 11 is 0. The molecule has 0 aromatic heterocycles. The Morgan fingerprint density at radius 2 is 2.18 bits per heavy atom. The first kappa shape index (κ1) is 11.6. The van der Waals surface area contributed by atoms with Gasteiger partial charge in [0.1, 0.15) is 0 Å². The molecular weight excluding hydrogens is 218 g/mol. The van der Waals surface area contributed by atoms with Gasteiger partial charge < -0.3 is 10.1 Å². The molecule has 4 heteroatoms. The van der Waals surface area contributed by atoms with Gasteiger partial charge in [-0.25, -0.2) is 4.79 Å². The summed E-state index contributed by atoms with van der Waals surface area (Å²) in [5.41, 5.74) is 0.313. The zero-order valence-electron chi connectivity index (χ0n) is 9.95. The van der Waals surface area contributed by atoms with Gasteiger partial charge in [0, 0.05) is 13.0 Å². The lowest BCUT2D eigenvalue weighted by atomic mass is 9.89. The molecule has 1 aromatic rings. The van der Waals surface area contributed by atoms with E-state index in [9.17, 15) is 9.59 Å². The third-order valence-electron chi connectivity index (χ3n) is 2.90. The van der Waals surface area contributed by atoms with Crippen LogP contribution in [0.4, 0.5) is 0 Å². The van der Waals surface area contributed by atoms with Gasteiger partial charge in [-0.2, -0.15) is 0 Å². The molecular formula is C13H15NO3. The first-order valence-corrected chi connectivity index (χ1v) is 5.66. The Balaban J connectivity index is 2.33. The van der Waals surface area contributed by atoms with Crippen LogP contribution in [0.15, 0.2) is 24.3 Å². The van der Waals surface area contributed by atoms with E-state index in [4.69, 9.17) is 4.74 Å². The normalized spacial score (nSPS) is 22.6. The van der Waals surface area contributed by atoms with E-state index in [1.165, 1.54) is 0 Å². The molecule has 90 valence electrons. The van der Waals surface area contributed by atoms with E-state index in [2.05, 4.69) is 5.32 Å². The molecule has 2 rings (SSSR count). The largest absolute Gasteiger partial charge is 0.445 e. The minimum Gasteiger partial charge on any atom is -0.445 e. The number of carbonyl (C=O) groups excluding carboxylic acids is 2. The number of fused-ring (bicyclic) bond motifs is 1. The quantitative estimate of drug-likeness (QED) is 0.783. The molecule has 17 heavy (non-hydrogen) atoms. The standard InChI is InChI=1S/C13H15NO3/c1-3-14-12(16)13(2)8-9-6-4-5-7-10(9)11(15)17-13/h4-7H,3,8H2,1-2H3,(H,14,16). The van der Waals surface area contributed by atoms with E-state index in [0.717, 1.165) is 5.56 Å². The van der Waals surface area contributed by atoms with E-state index >= 15 is 0 Å².